The highest BCUT2D eigenvalue weighted by Gasteiger charge is 2.09. The summed E-state index contributed by atoms with van der Waals surface area (Å²) in [5.41, 5.74) is 0.832. The zero-order valence-corrected chi connectivity index (χ0v) is 11.5. The van der Waals surface area contributed by atoms with Gasteiger partial charge in [0.1, 0.15) is 0 Å². The minimum atomic E-state index is -0.622. The van der Waals surface area contributed by atoms with Crippen LogP contribution in [0.5, 0.6) is 11.5 Å². The largest absolute Gasteiger partial charge is 0.504 e. The predicted octanol–water partition coefficient (Wildman–Crippen LogP) is 0.972. The predicted molar refractivity (Wildman–Crippen MR) is 74.0 cm³/mol. The number of amides is 3. The summed E-state index contributed by atoms with van der Waals surface area (Å²) in [5, 5.41) is 17.2. The van der Waals surface area contributed by atoms with Crippen LogP contribution in [0.1, 0.15) is 12.5 Å². The van der Waals surface area contributed by atoms with Crippen LogP contribution in [0.25, 0.3) is 0 Å². The first-order valence-electron chi connectivity index (χ1n) is 6.30. The van der Waals surface area contributed by atoms with Gasteiger partial charge in [-0.15, -0.1) is 0 Å². The fraction of sp³-hybridized carbons (Fsp3) is 0.385. The summed E-state index contributed by atoms with van der Waals surface area (Å²) in [4.78, 5) is 22.3. The summed E-state index contributed by atoms with van der Waals surface area (Å²) in [6.07, 6.45) is -0.0668. The van der Waals surface area contributed by atoms with Crippen LogP contribution in [0, 0.1) is 0 Å². The first-order valence-corrected chi connectivity index (χ1v) is 6.30. The molecule has 20 heavy (non-hydrogen) atoms. The number of ether oxygens (including phenoxy) is 1. The molecule has 1 aromatic carbocycles. The van der Waals surface area contributed by atoms with E-state index >= 15 is 0 Å². The number of hydrogen-bond donors (Lipinski definition) is 4. The number of rotatable bonds is 5. The van der Waals surface area contributed by atoms with Crippen LogP contribution < -0.4 is 20.7 Å². The number of hydrogen-bond acceptors (Lipinski definition) is 4. The second-order valence-electron chi connectivity index (χ2n) is 3.98. The number of nitrogens with one attached hydrogen (secondary N) is 3. The second kappa shape index (κ2) is 7.88. The van der Waals surface area contributed by atoms with Gasteiger partial charge in [-0.25, -0.2) is 9.59 Å². The van der Waals surface area contributed by atoms with Crippen molar-refractivity contribution in [2.75, 3.05) is 20.1 Å². The van der Waals surface area contributed by atoms with Gasteiger partial charge >= 0.3 is 12.1 Å². The van der Waals surface area contributed by atoms with Crippen LogP contribution in [-0.4, -0.2) is 37.4 Å². The topological polar surface area (TPSA) is 99.7 Å². The average molecular weight is 281 g/mol. The van der Waals surface area contributed by atoms with E-state index in [9.17, 15) is 14.7 Å². The van der Waals surface area contributed by atoms with Gasteiger partial charge in [-0.1, -0.05) is 6.07 Å². The van der Waals surface area contributed by atoms with E-state index in [1.54, 1.807) is 19.1 Å². The Hall–Kier alpha value is -2.44. The van der Waals surface area contributed by atoms with E-state index in [0.29, 0.717) is 19.5 Å². The zero-order valence-electron chi connectivity index (χ0n) is 11.5. The molecule has 0 atom stereocenters. The lowest BCUT2D eigenvalue weighted by Crippen LogP contribution is -2.34. The number of urea groups is 1. The van der Waals surface area contributed by atoms with Crippen molar-refractivity contribution < 1.29 is 19.4 Å². The zero-order chi connectivity index (χ0) is 15.0. The lowest BCUT2D eigenvalue weighted by molar-refractivity contribution is 0.199. The Kier molecular flexibility index (Phi) is 6.15. The molecule has 0 bridgehead atoms. The van der Waals surface area contributed by atoms with Gasteiger partial charge in [0.25, 0.3) is 0 Å². The number of carbonyl (C=O) groups excluding carboxylic acids is 2. The molecule has 0 aromatic heterocycles. The molecule has 1 aromatic rings. The smallest absolute Gasteiger partial charge is 0.412 e. The van der Waals surface area contributed by atoms with Crippen LogP contribution in [0.2, 0.25) is 0 Å². The van der Waals surface area contributed by atoms with Crippen molar-refractivity contribution in [2.24, 2.45) is 0 Å². The van der Waals surface area contributed by atoms with Crippen LogP contribution in [0.4, 0.5) is 9.59 Å². The molecule has 0 fully saturated rings. The summed E-state index contributed by atoms with van der Waals surface area (Å²) in [5.74, 6) is -0.0207. The Morgan fingerprint density at radius 2 is 2.05 bits per heavy atom. The van der Waals surface area contributed by atoms with E-state index in [4.69, 9.17) is 4.74 Å². The van der Waals surface area contributed by atoms with Crippen LogP contribution in [-0.2, 0) is 6.42 Å². The number of aromatic hydroxyl groups is 1. The molecule has 0 unspecified atom stereocenters. The summed E-state index contributed by atoms with van der Waals surface area (Å²) >= 11 is 0. The van der Waals surface area contributed by atoms with Gasteiger partial charge in [0.2, 0.25) is 0 Å². The van der Waals surface area contributed by atoms with E-state index in [2.05, 4.69) is 16.0 Å². The fourth-order valence-electron chi connectivity index (χ4n) is 1.48. The Morgan fingerprint density at radius 1 is 1.30 bits per heavy atom. The van der Waals surface area contributed by atoms with Crippen molar-refractivity contribution in [3.63, 3.8) is 0 Å². The number of carbonyl (C=O) groups is 2. The van der Waals surface area contributed by atoms with E-state index in [1.165, 1.54) is 13.1 Å². The molecular formula is C13H19N3O4. The van der Waals surface area contributed by atoms with E-state index in [-0.39, 0.29) is 17.5 Å². The molecule has 4 N–H and O–H groups in total. The van der Waals surface area contributed by atoms with Crippen molar-refractivity contribution in [2.45, 2.75) is 13.3 Å². The van der Waals surface area contributed by atoms with Crippen LogP contribution in [0.3, 0.4) is 0 Å². The van der Waals surface area contributed by atoms with E-state index < -0.39 is 6.09 Å². The molecule has 1 rings (SSSR count). The van der Waals surface area contributed by atoms with Crippen molar-refractivity contribution in [1.29, 1.82) is 0 Å². The van der Waals surface area contributed by atoms with Crippen molar-refractivity contribution in [3.05, 3.63) is 23.8 Å². The Labute approximate surface area is 117 Å². The summed E-state index contributed by atoms with van der Waals surface area (Å²) in [6.45, 7) is 2.64. The first-order chi connectivity index (χ1) is 9.56. The van der Waals surface area contributed by atoms with Gasteiger partial charge in [-0.05, 0) is 31.0 Å². The van der Waals surface area contributed by atoms with Gasteiger partial charge in [-0.3, -0.25) is 0 Å². The molecule has 0 saturated carbocycles. The quantitative estimate of drug-likeness (QED) is 0.646. The molecule has 0 aliphatic heterocycles. The molecule has 0 spiro atoms. The summed E-state index contributed by atoms with van der Waals surface area (Å²) in [6, 6.07) is 4.45. The minimum absolute atomic E-state index is 0.0911. The Balaban J connectivity index is 2.61. The highest BCUT2D eigenvalue weighted by molar-refractivity contribution is 5.73. The van der Waals surface area contributed by atoms with Crippen molar-refractivity contribution >= 4 is 12.1 Å². The fourth-order valence-corrected chi connectivity index (χ4v) is 1.48. The minimum Gasteiger partial charge on any atom is -0.504 e. The maximum Gasteiger partial charge on any atom is 0.412 e. The van der Waals surface area contributed by atoms with Gasteiger partial charge in [0.05, 0.1) is 0 Å². The third-order valence-electron chi connectivity index (χ3n) is 2.47. The van der Waals surface area contributed by atoms with Gasteiger partial charge in [0, 0.05) is 20.1 Å². The maximum atomic E-state index is 11.3. The number of phenolic OH excluding ortho intramolecular Hbond substituents is 1. The van der Waals surface area contributed by atoms with Crippen molar-refractivity contribution in [1.82, 2.24) is 16.0 Å². The Morgan fingerprint density at radius 3 is 2.70 bits per heavy atom. The molecule has 0 aliphatic carbocycles. The Bertz CT molecular complexity index is 477. The maximum absolute atomic E-state index is 11.3. The molecule has 0 aliphatic rings. The highest BCUT2D eigenvalue weighted by atomic mass is 16.6. The standard InChI is InChI=1S/C13H19N3O4/c1-3-15-13(19)20-11-8-9(4-5-10(11)17)6-7-16-12(18)14-2/h4-5,8,17H,3,6-7H2,1-2H3,(H,15,19)(H2,14,16,18). The SMILES string of the molecule is CCNC(=O)Oc1cc(CCNC(=O)NC)ccc1O. The molecule has 7 nitrogen and oxygen atoms in total. The molecule has 110 valence electrons. The van der Waals surface area contributed by atoms with Crippen LogP contribution >= 0.6 is 0 Å². The lowest BCUT2D eigenvalue weighted by atomic mass is 10.1. The monoisotopic (exact) mass is 281 g/mol. The summed E-state index contributed by atoms with van der Waals surface area (Å²) in [7, 11) is 1.54. The average Bonchev–Trinajstić information content (AvgIpc) is 2.42. The number of benzene rings is 1. The first kappa shape index (κ1) is 15.6. The molecule has 3 amide bonds. The normalized spacial score (nSPS) is 9.70. The second-order valence-corrected chi connectivity index (χ2v) is 3.98. The van der Waals surface area contributed by atoms with Gasteiger partial charge in [0.15, 0.2) is 11.5 Å². The molecular weight excluding hydrogens is 262 g/mol. The molecule has 0 radical (unpaired) electrons. The number of phenols is 1. The third-order valence-corrected chi connectivity index (χ3v) is 2.47. The molecule has 0 heterocycles. The highest BCUT2D eigenvalue weighted by Crippen LogP contribution is 2.27. The van der Waals surface area contributed by atoms with E-state index in [0.717, 1.165) is 5.56 Å². The summed E-state index contributed by atoms with van der Waals surface area (Å²) < 4.78 is 4.98. The van der Waals surface area contributed by atoms with Gasteiger partial charge < -0.3 is 25.8 Å². The van der Waals surface area contributed by atoms with Crippen molar-refractivity contribution in [3.8, 4) is 11.5 Å². The van der Waals surface area contributed by atoms with Gasteiger partial charge in [-0.2, -0.15) is 0 Å². The molecule has 7 heteroatoms. The third kappa shape index (κ3) is 5.05. The van der Waals surface area contributed by atoms with Crippen LogP contribution in [0.15, 0.2) is 18.2 Å². The van der Waals surface area contributed by atoms with E-state index in [1.807, 2.05) is 0 Å². The lowest BCUT2D eigenvalue weighted by Gasteiger charge is -2.09. The molecule has 0 saturated heterocycles.